The zero-order valence-electron chi connectivity index (χ0n) is 12.3. The fourth-order valence-corrected chi connectivity index (χ4v) is 2.26. The van der Waals surface area contributed by atoms with Gasteiger partial charge in [0.05, 0.1) is 0 Å². The van der Waals surface area contributed by atoms with Crippen LogP contribution in [-0.2, 0) is 6.42 Å². The number of hydrogen-bond donors (Lipinski definition) is 2. The minimum Gasteiger partial charge on any atom is -0.346 e. The first-order valence-electron chi connectivity index (χ1n) is 7.43. The predicted octanol–water partition coefficient (Wildman–Crippen LogP) is 1.52. The highest BCUT2D eigenvalue weighted by molar-refractivity contribution is 5.90. The summed E-state index contributed by atoms with van der Waals surface area (Å²) in [6, 6.07) is 0.305. The third-order valence-electron chi connectivity index (χ3n) is 3.79. The van der Waals surface area contributed by atoms with E-state index in [4.69, 9.17) is 10.3 Å². The maximum Gasteiger partial charge on any atom is 0.292 e. The van der Waals surface area contributed by atoms with Crippen molar-refractivity contribution in [1.82, 2.24) is 15.5 Å². The monoisotopic (exact) mass is 280 g/mol. The Hall–Kier alpha value is -1.43. The van der Waals surface area contributed by atoms with Gasteiger partial charge in [0, 0.05) is 12.5 Å². The van der Waals surface area contributed by atoms with Crippen molar-refractivity contribution in [1.29, 1.82) is 0 Å². The van der Waals surface area contributed by atoms with Gasteiger partial charge in [-0.3, -0.25) is 4.79 Å². The Balaban J connectivity index is 1.83. The second-order valence-electron chi connectivity index (χ2n) is 5.88. The molecule has 1 aromatic heterocycles. The lowest BCUT2D eigenvalue weighted by atomic mass is 9.88. The SMILES string of the molecule is CC(C)C(CCN)CCc1nc(C(=O)NC2CC2)no1. The lowest BCUT2D eigenvalue weighted by Gasteiger charge is -2.18. The second-order valence-corrected chi connectivity index (χ2v) is 5.88. The van der Waals surface area contributed by atoms with Crippen LogP contribution in [0.2, 0.25) is 0 Å². The first-order chi connectivity index (χ1) is 9.60. The van der Waals surface area contributed by atoms with Crippen LogP contribution in [0.1, 0.15) is 56.0 Å². The highest BCUT2D eigenvalue weighted by Crippen LogP contribution is 2.21. The number of aromatic nitrogens is 2. The van der Waals surface area contributed by atoms with E-state index in [0.717, 1.165) is 25.7 Å². The molecule has 0 aromatic carbocycles. The van der Waals surface area contributed by atoms with Gasteiger partial charge in [0.2, 0.25) is 5.89 Å². The average molecular weight is 280 g/mol. The minimum absolute atomic E-state index is 0.145. The Morgan fingerprint density at radius 1 is 1.45 bits per heavy atom. The molecule has 20 heavy (non-hydrogen) atoms. The number of nitrogens with two attached hydrogens (primary N) is 1. The molecule has 2 rings (SSSR count). The smallest absolute Gasteiger partial charge is 0.292 e. The van der Waals surface area contributed by atoms with E-state index >= 15 is 0 Å². The van der Waals surface area contributed by atoms with Crippen molar-refractivity contribution in [2.45, 2.75) is 52.0 Å². The molecular weight excluding hydrogens is 256 g/mol. The number of carbonyl (C=O) groups is 1. The van der Waals surface area contributed by atoms with Gasteiger partial charge in [-0.1, -0.05) is 19.0 Å². The Labute approximate surface area is 119 Å². The lowest BCUT2D eigenvalue weighted by Crippen LogP contribution is -2.26. The molecule has 0 aliphatic heterocycles. The molecule has 1 aliphatic rings. The van der Waals surface area contributed by atoms with Crippen molar-refractivity contribution in [3.05, 3.63) is 11.7 Å². The van der Waals surface area contributed by atoms with Crippen LogP contribution in [0.5, 0.6) is 0 Å². The van der Waals surface area contributed by atoms with Crippen LogP contribution >= 0.6 is 0 Å². The fourth-order valence-electron chi connectivity index (χ4n) is 2.26. The normalized spacial score (nSPS) is 16.4. The summed E-state index contributed by atoms with van der Waals surface area (Å²) in [4.78, 5) is 15.9. The maximum absolute atomic E-state index is 11.7. The number of nitrogens with one attached hydrogen (secondary N) is 1. The van der Waals surface area contributed by atoms with Crippen LogP contribution < -0.4 is 11.1 Å². The van der Waals surface area contributed by atoms with Gasteiger partial charge in [0.1, 0.15) is 0 Å². The van der Waals surface area contributed by atoms with E-state index < -0.39 is 0 Å². The van der Waals surface area contributed by atoms with Crippen molar-refractivity contribution in [3.63, 3.8) is 0 Å². The van der Waals surface area contributed by atoms with Gasteiger partial charge in [-0.25, -0.2) is 0 Å². The van der Waals surface area contributed by atoms with Gasteiger partial charge < -0.3 is 15.6 Å². The van der Waals surface area contributed by atoms with E-state index in [1.807, 2.05) is 0 Å². The maximum atomic E-state index is 11.7. The summed E-state index contributed by atoms with van der Waals surface area (Å²) in [5.41, 5.74) is 5.63. The number of rotatable bonds is 8. The zero-order chi connectivity index (χ0) is 14.5. The van der Waals surface area contributed by atoms with E-state index in [0.29, 0.717) is 36.7 Å². The quantitative estimate of drug-likeness (QED) is 0.753. The third-order valence-corrected chi connectivity index (χ3v) is 3.79. The van der Waals surface area contributed by atoms with Crippen LogP contribution in [0.15, 0.2) is 4.52 Å². The van der Waals surface area contributed by atoms with Crippen molar-refractivity contribution in [2.75, 3.05) is 6.54 Å². The molecule has 0 bridgehead atoms. The van der Waals surface area contributed by atoms with Crippen LogP contribution in [0.25, 0.3) is 0 Å². The summed E-state index contributed by atoms with van der Waals surface area (Å²) in [5.74, 6) is 1.58. The minimum atomic E-state index is -0.232. The molecule has 0 saturated heterocycles. The molecule has 112 valence electrons. The largest absolute Gasteiger partial charge is 0.346 e. The molecule has 3 N–H and O–H groups in total. The first-order valence-corrected chi connectivity index (χ1v) is 7.43. The van der Waals surface area contributed by atoms with E-state index in [1.54, 1.807) is 0 Å². The van der Waals surface area contributed by atoms with Gasteiger partial charge in [-0.05, 0) is 44.1 Å². The standard InChI is InChI=1S/C14H24N4O2/c1-9(2)10(7-8-15)3-6-12-17-13(18-20-12)14(19)16-11-4-5-11/h9-11H,3-8,15H2,1-2H3,(H,16,19). The highest BCUT2D eigenvalue weighted by Gasteiger charge is 2.26. The van der Waals surface area contributed by atoms with E-state index in [9.17, 15) is 4.79 Å². The first kappa shape index (κ1) is 15.0. The molecule has 1 saturated carbocycles. The van der Waals surface area contributed by atoms with Crippen molar-refractivity contribution in [3.8, 4) is 0 Å². The molecule has 1 heterocycles. The molecule has 0 spiro atoms. The Morgan fingerprint density at radius 2 is 2.20 bits per heavy atom. The summed E-state index contributed by atoms with van der Waals surface area (Å²) in [6.45, 7) is 5.09. The number of hydrogen-bond acceptors (Lipinski definition) is 5. The van der Waals surface area contributed by atoms with E-state index in [-0.39, 0.29) is 11.7 Å². The van der Waals surface area contributed by atoms with Crippen molar-refractivity contribution >= 4 is 5.91 Å². The second kappa shape index (κ2) is 6.83. The zero-order valence-corrected chi connectivity index (χ0v) is 12.3. The predicted molar refractivity (Wildman–Crippen MR) is 75.1 cm³/mol. The van der Waals surface area contributed by atoms with Gasteiger partial charge in [-0.15, -0.1) is 0 Å². The Bertz CT molecular complexity index is 440. The topological polar surface area (TPSA) is 94.0 Å². The molecule has 1 unspecified atom stereocenters. The number of amides is 1. The molecule has 1 aromatic rings. The van der Waals surface area contributed by atoms with E-state index in [1.165, 1.54) is 0 Å². The summed E-state index contributed by atoms with van der Waals surface area (Å²) in [6.07, 6.45) is 4.76. The van der Waals surface area contributed by atoms with Crippen LogP contribution in [0.3, 0.4) is 0 Å². The number of nitrogens with zero attached hydrogens (tertiary/aromatic N) is 2. The molecule has 1 amide bonds. The summed E-state index contributed by atoms with van der Waals surface area (Å²) in [5, 5.41) is 6.59. The van der Waals surface area contributed by atoms with Crippen LogP contribution in [0, 0.1) is 11.8 Å². The molecule has 6 nitrogen and oxygen atoms in total. The summed E-state index contributed by atoms with van der Waals surface area (Å²) >= 11 is 0. The Morgan fingerprint density at radius 3 is 2.80 bits per heavy atom. The molecule has 1 aliphatic carbocycles. The summed E-state index contributed by atoms with van der Waals surface area (Å²) in [7, 11) is 0. The van der Waals surface area contributed by atoms with Crippen LogP contribution in [-0.4, -0.2) is 28.6 Å². The highest BCUT2D eigenvalue weighted by atomic mass is 16.5. The summed E-state index contributed by atoms with van der Waals surface area (Å²) < 4.78 is 5.14. The molecular formula is C14H24N4O2. The van der Waals surface area contributed by atoms with Crippen LogP contribution in [0.4, 0.5) is 0 Å². The lowest BCUT2D eigenvalue weighted by molar-refractivity contribution is 0.0937. The fraction of sp³-hybridized carbons (Fsp3) is 0.786. The van der Waals surface area contributed by atoms with Gasteiger partial charge in [-0.2, -0.15) is 4.98 Å². The molecule has 1 atom stereocenters. The molecule has 0 radical (unpaired) electrons. The van der Waals surface area contributed by atoms with Crippen molar-refractivity contribution < 1.29 is 9.32 Å². The van der Waals surface area contributed by atoms with E-state index in [2.05, 4.69) is 29.3 Å². The molecule has 1 fully saturated rings. The average Bonchev–Trinajstić information content (AvgIpc) is 3.09. The van der Waals surface area contributed by atoms with Crippen molar-refractivity contribution in [2.24, 2.45) is 17.6 Å². The Kier molecular flexibility index (Phi) is 5.11. The molecule has 6 heteroatoms. The van der Waals surface area contributed by atoms with Gasteiger partial charge in [0.25, 0.3) is 11.7 Å². The third kappa shape index (κ3) is 4.30. The number of aryl methyl sites for hydroxylation is 1. The van der Waals surface area contributed by atoms with Gasteiger partial charge in [0.15, 0.2) is 0 Å². The van der Waals surface area contributed by atoms with Gasteiger partial charge >= 0.3 is 0 Å². The number of carbonyl (C=O) groups excluding carboxylic acids is 1.